The van der Waals surface area contributed by atoms with Crippen molar-refractivity contribution in [3.63, 3.8) is 0 Å². The largest absolute Gasteiger partial charge is 0.416 e. The maximum absolute atomic E-state index is 14.0. The van der Waals surface area contributed by atoms with Crippen molar-refractivity contribution >= 4 is 17.2 Å². The van der Waals surface area contributed by atoms with Crippen molar-refractivity contribution in [2.75, 3.05) is 32.5 Å². The zero-order chi connectivity index (χ0) is 27.0. The number of likely N-dealkylation sites (tertiary alicyclic amines) is 1. The number of imidazole rings is 1. The van der Waals surface area contributed by atoms with Crippen LogP contribution in [0.2, 0.25) is 0 Å². The highest BCUT2D eigenvalue weighted by Crippen LogP contribution is 2.35. The summed E-state index contributed by atoms with van der Waals surface area (Å²) >= 11 is 0. The molecular weight excluding hydrogens is 491 g/mol. The molecule has 1 atom stereocenters. The average molecular weight is 522 g/mol. The Labute approximate surface area is 219 Å². The molecule has 198 valence electrons. The van der Waals surface area contributed by atoms with E-state index in [0.29, 0.717) is 11.6 Å². The number of carbonyl (C=O) groups is 1. The number of carbonyl (C=O) groups excluding carboxylic acids is 1. The van der Waals surface area contributed by atoms with Gasteiger partial charge in [0, 0.05) is 48.7 Å². The summed E-state index contributed by atoms with van der Waals surface area (Å²) in [4.78, 5) is 21.7. The fourth-order valence-electron chi connectivity index (χ4n) is 5.05. The molecule has 0 unspecified atom stereocenters. The molecule has 0 aliphatic carbocycles. The number of fused-ring (bicyclic) bond motifs is 1. The number of nitrogens with zero attached hydrogens (tertiary/aromatic N) is 4. The van der Waals surface area contributed by atoms with Crippen LogP contribution in [-0.4, -0.2) is 58.3 Å². The first-order valence-corrected chi connectivity index (χ1v) is 12.5. The fraction of sp³-hybridized carbons (Fsp3) is 0.310. The molecule has 1 saturated heterocycles. The summed E-state index contributed by atoms with van der Waals surface area (Å²) < 4.78 is 43.9. The number of hydrogen-bond acceptors (Lipinski definition) is 4. The van der Waals surface area contributed by atoms with Crippen molar-refractivity contribution in [2.45, 2.75) is 32.1 Å². The molecule has 5 rings (SSSR count). The highest BCUT2D eigenvalue weighted by atomic mass is 19.4. The van der Waals surface area contributed by atoms with Crippen LogP contribution >= 0.6 is 0 Å². The van der Waals surface area contributed by atoms with Crippen LogP contribution in [-0.2, 0) is 12.7 Å². The highest BCUT2D eigenvalue weighted by molar-refractivity contribution is 6.05. The van der Waals surface area contributed by atoms with Gasteiger partial charge in [-0.1, -0.05) is 18.2 Å². The van der Waals surface area contributed by atoms with Crippen LogP contribution in [0.4, 0.5) is 18.9 Å². The van der Waals surface area contributed by atoms with E-state index in [2.05, 4.69) is 15.2 Å². The summed E-state index contributed by atoms with van der Waals surface area (Å²) in [5, 5.41) is 2.66. The molecule has 4 aromatic rings. The smallest absolute Gasteiger partial charge is 0.322 e. The lowest BCUT2D eigenvalue weighted by molar-refractivity contribution is -0.138. The summed E-state index contributed by atoms with van der Waals surface area (Å²) in [6.45, 7) is 3.63. The van der Waals surface area contributed by atoms with Gasteiger partial charge in [0.1, 0.15) is 5.65 Å². The quantitative estimate of drug-likeness (QED) is 0.353. The van der Waals surface area contributed by atoms with Crippen LogP contribution in [0.3, 0.4) is 0 Å². The lowest BCUT2D eigenvalue weighted by atomic mass is 10.0. The second kappa shape index (κ2) is 10.2. The Morgan fingerprint density at radius 1 is 1.13 bits per heavy atom. The van der Waals surface area contributed by atoms with Gasteiger partial charge >= 0.3 is 6.18 Å². The number of alkyl halides is 3. The molecule has 0 saturated carbocycles. The molecular formula is C29H30F3N5O. The van der Waals surface area contributed by atoms with Gasteiger partial charge in [0.15, 0.2) is 0 Å². The Balaban J connectivity index is 1.38. The number of rotatable bonds is 6. The Hall–Kier alpha value is -3.69. The molecule has 0 spiro atoms. The van der Waals surface area contributed by atoms with Gasteiger partial charge in [-0.3, -0.25) is 14.1 Å². The van der Waals surface area contributed by atoms with Gasteiger partial charge in [-0.2, -0.15) is 13.2 Å². The number of hydrogen-bond donors (Lipinski definition) is 1. The van der Waals surface area contributed by atoms with Gasteiger partial charge in [-0.25, -0.2) is 4.98 Å². The topological polar surface area (TPSA) is 52.9 Å². The van der Waals surface area contributed by atoms with Gasteiger partial charge < -0.3 is 10.2 Å². The van der Waals surface area contributed by atoms with Crippen molar-refractivity contribution in [2.24, 2.45) is 0 Å². The first-order chi connectivity index (χ1) is 18.1. The Morgan fingerprint density at radius 3 is 2.68 bits per heavy atom. The number of anilines is 1. The highest BCUT2D eigenvalue weighted by Gasteiger charge is 2.35. The summed E-state index contributed by atoms with van der Waals surface area (Å²) in [5.74, 6) is -0.477. The molecule has 38 heavy (non-hydrogen) atoms. The predicted octanol–water partition coefficient (Wildman–Crippen LogP) is 5.72. The number of nitrogens with one attached hydrogen (secondary N) is 1. The van der Waals surface area contributed by atoms with Crippen molar-refractivity contribution in [1.82, 2.24) is 19.2 Å². The van der Waals surface area contributed by atoms with Crippen LogP contribution in [0, 0.1) is 6.92 Å². The maximum Gasteiger partial charge on any atom is 0.416 e. The summed E-state index contributed by atoms with van der Waals surface area (Å²) in [7, 11) is 3.98. The molecule has 1 aliphatic rings. The second-order valence-electron chi connectivity index (χ2n) is 10.1. The SMILES string of the molecule is Cc1ccc(C(=O)Nc2ccc(CN3CC[C@@H](N(C)C)C3)c(C(F)(F)F)c2)cc1-c1cnc2ccccn12. The van der Waals surface area contributed by atoms with Crippen LogP contribution in [0.5, 0.6) is 0 Å². The first-order valence-electron chi connectivity index (χ1n) is 12.5. The summed E-state index contributed by atoms with van der Waals surface area (Å²) in [6, 6.07) is 15.3. The van der Waals surface area contributed by atoms with E-state index in [1.807, 2.05) is 60.8 Å². The maximum atomic E-state index is 14.0. The first kappa shape index (κ1) is 25.9. The summed E-state index contributed by atoms with van der Waals surface area (Å²) in [5.41, 5.74) is 3.33. The third kappa shape index (κ3) is 5.30. The van der Waals surface area contributed by atoms with E-state index >= 15 is 0 Å². The number of amides is 1. The number of pyridine rings is 1. The lowest BCUT2D eigenvalue weighted by Crippen LogP contribution is -2.31. The minimum atomic E-state index is -4.53. The number of likely N-dealkylation sites (N-methyl/N-ethyl adjacent to an activating group) is 1. The monoisotopic (exact) mass is 521 g/mol. The fourth-order valence-corrected chi connectivity index (χ4v) is 5.05. The van der Waals surface area contributed by atoms with E-state index in [9.17, 15) is 18.0 Å². The standard InChI is InChI=1S/C29H30F3N5O/c1-19-7-8-20(14-24(19)26-16-33-27-6-4-5-12-37(26)27)28(38)34-22-10-9-21(25(15-22)29(30,31)32)17-36-13-11-23(18-36)35(2)3/h4-10,12,14-16,23H,11,13,17-18H2,1-3H3,(H,34,38)/t23-/m1/s1. The number of benzene rings is 2. The van der Waals surface area contributed by atoms with Crippen LogP contribution in [0.25, 0.3) is 16.9 Å². The average Bonchev–Trinajstić information content (AvgIpc) is 3.52. The van der Waals surface area contributed by atoms with E-state index < -0.39 is 17.6 Å². The van der Waals surface area contributed by atoms with Crippen molar-refractivity contribution in [3.8, 4) is 11.3 Å². The van der Waals surface area contributed by atoms with E-state index in [-0.39, 0.29) is 17.8 Å². The molecule has 9 heteroatoms. The third-order valence-electron chi connectivity index (χ3n) is 7.24. The molecule has 0 radical (unpaired) electrons. The van der Waals surface area contributed by atoms with Crippen molar-refractivity contribution < 1.29 is 18.0 Å². The van der Waals surface area contributed by atoms with Gasteiger partial charge in [0.2, 0.25) is 0 Å². The minimum absolute atomic E-state index is 0.107. The van der Waals surface area contributed by atoms with E-state index in [0.717, 1.165) is 48.0 Å². The molecule has 1 fully saturated rings. The second-order valence-corrected chi connectivity index (χ2v) is 10.1. The minimum Gasteiger partial charge on any atom is -0.322 e. The molecule has 2 aromatic heterocycles. The predicted molar refractivity (Wildman–Crippen MR) is 142 cm³/mol. The molecule has 2 aromatic carbocycles. The van der Waals surface area contributed by atoms with E-state index in [1.165, 1.54) is 6.07 Å². The van der Waals surface area contributed by atoms with Crippen molar-refractivity contribution in [1.29, 1.82) is 0 Å². The van der Waals surface area contributed by atoms with Gasteiger partial charge in [0.05, 0.1) is 17.5 Å². The number of aromatic nitrogens is 2. The molecule has 1 N–H and O–H groups in total. The van der Waals surface area contributed by atoms with E-state index in [4.69, 9.17) is 0 Å². The van der Waals surface area contributed by atoms with Gasteiger partial charge in [0.25, 0.3) is 5.91 Å². The molecule has 1 aliphatic heterocycles. The summed E-state index contributed by atoms with van der Waals surface area (Å²) in [6.07, 6.45) is 0.0363. The lowest BCUT2D eigenvalue weighted by Gasteiger charge is -2.22. The zero-order valence-electron chi connectivity index (χ0n) is 21.6. The molecule has 0 bridgehead atoms. The molecule has 6 nitrogen and oxygen atoms in total. The van der Waals surface area contributed by atoms with Gasteiger partial charge in [-0.15, -0.1) is 0 Å². The molecule has 3 heterocycles. The van der Waals surface area contributed by atoms with Gasteiger partial charge in [-0.05, 0) is 75.0 Å². The Morgan fingerprint density at radius 2 is 1.95 bits per heavy atom. The number of halogens is 3. The van der Waals surface area contributed by atoms with Crippen LogP contribution in [0.15, 0.2) is 67.0 Å². The Bertz CT molecular complexity index is 1480. The van der Waals surface area contributed by atoms with E-state index in [1.54, 1.807) is 24.4 Å². The number of aryl methyl sites for hydroxylation is 1. The normalized spacial score (nSPS) is 16.4. The Kier molecular flexibility index (Phi) is 6.98. The van der Waals surface area contributed by atoms with Crippen LogP contribution in [0.1, 0.15) is 33.5 Å². The zero-order valence-corrected chi connectivity index (χ0v) is 21.6. The van der Waals surface area contributed by atoms with Crippen LogP contribution < -0.4 is 5.32 Å². The molecule has 1 amide bonds. The third-order valence-corrected chi connectivity index (χ3v) is 7.24. The van der Waals surface area contributed by atoms with Crippen molar-refractivity contribution in [3.05, 3.63) is 89.2 Å².